The van der Waals surface area contributed by atoms with Gasteiger partial charge in [-0.2, -0.15) is 0 Å². The summed E-state index contributed by atoms with van der Waals surface area (Å²) in [6, 6.07) is 6.96. The van der Waals surface area contributed by atoms with E-state index in [0.29, 0.717) is 20.0 Å². The third kappa shape index (κ3) is 5.59. The molecule has 0 aliphatic carbocycles. The number of benzene rings is 1. The third-order valence-corrected chi connectivity index (χ3v) is 1.95. The molecule has 1 aromatic rings. The topological polar surface area (TPSA) is 67.8 Å². The molecule has 1 radical (unpaired) electrons. The zero-order valence-electron chi connectivity index (χ0n) is 10.8. The third-order valence-electron chi connectivity index (χ3n) is 1.95. The lowest BCUT2D eigenvalue weighted by Crippen LogP contribution is -2.32. The van der Waals surface area contributed by atoms with Crippen LogP contribution in [0.2, 0.25) is 0 Å². The first-order valence-electron chi connectivity index (χ1n) is 5.59. The van der Waals surface area contributed by atoms with Crippen LogP contribution in [0.15, 0.2) is 24.3 Å². The van der Waals surface area contributed by atoms with Crippen molar-refractivity contribution in [3.63, 3.8) is 0 Å². The van der Waals surface area contributed by atoms with Crippen molar-refractivity contribution in [3.8, 4) is 5.75 Å². The zero-order chi connectivity index (χ0) is 13.6. The predicted octanol–water partition coefficient (Wildman–Crippen LogP) is 1.62. The maximum atomic E-state index is 11.4. The number of hydrogen-bond acceptors (Lipinski definition) is 4. The van der Waals surface area contributed by atoms with Crippen molar-refractivity contribution in [1.82, 2.24) is 5.32 Å². The van der Waals surface area contributed by atoms with Gasteiger partial charge in [0.2, 0.25) is 0 Å². The minimum absolute atomic E-state index is 0.373. The second kappa shape index (κ2) is 6.30. The Kier molecular flexibility index (Phi) is 5.03. The number of carbonyl (C=O) groups excluding carboxylic acids is 1. The first-order chi connectivity index (χ1) is 8.40. The molecule has 1 rings (SSSR count). The second-order valence-corrected chi connectivity index (χ2v) is 4.72. The van der Waals surface area contributed by atoms with E-state index in [1.807, 2.05) is 20.8 Å². The van der Waals surface area contributed by atoms with E-state index in [9.17, 15) is 4.79 Å². The van der Waals surface area contributed by atoms with Crippen LogP contribution in [-0.2, 0) is 11.3 Å². The molecular weight excluding hydrogens is 233 g/mol. The monoisotopic (exact) mass is 250 g/mol. The average Bonchev–Trinajstić information content (AvgIpc) is 2.26. The van der Waals surface area contributed by atoms with Crippen LogP contribution in [0.1, 0.15) is 26.3 Å². The second-order valence-electron chi connectivity index (χ2n) is 4.72. The molecule has 1 amide bonds. The van der Waals surface area contributed by atoms with Crippen molar-refractivity contribution >= 4 is 13.8 Å². The summed E-state index contributed by atoms with van der Waals surface area (Å²) in [5.41, 5.74) is 0.407. The van der Waals surface area contributed by atoms with Gasteiger partial charge in [-0.3, -0.25) is 0 Å². The summed E-state index contributed by atoms with van der Waals surface area (Å²) in [5.74, 6) is 0.526. The van der Waals surface area contributed by atoms with Gasteiger partial charge >= 0.3 is 13.8 Å². The van der Waals surface area contributed by atoms with Gasteiger partial charge in [-0.15, -0.1) is 0 Å². The van der Waals surface area contributed by atoms with Crippen LogP contribution in [0.4, 0.5) is 4.79 Å². The van der Waals surface area contributed by atoms with E-state index >= 15 is 0 Å². The van der Waals surface area contributed by atoms with Crippen LogP contribution < -0.4 is 9.97 Å². The molecule has 0 aliphatic heterocycles. The van der Waals surface area contributed by atoms with Gasteiger partial charge in [-0.1, -0.05) is 12.1 Å². The molecule has 0 aromatic heterocycles. The summed E-state index contributed by atoms with van der Waals surface area (Å²) < 4.78 is 9.88. The number of hydrogen-bond donors (Lipinski definition) is 2. The first kappa shape index (κ1) is 14.4. The SMILES string of the molecule is CC(C)(C)OC(=O)NCc1ccc(O[B]O)cc1. The highest BCUT2D eigenvalue weighted by molar-refractivity contribution is 6.17. The number of ether oxygens (including phenoxy) is 1. The van der Waals surface area contributed by atoms with E-state index in [4.69, 9.17) is 14.4 Å². The van der Waals surface area contributed by atoms with Gasteiger partial charge < -0.3 is 19.7 Å². The summed E-state index contributed by atoms with van der Waals surface area (Å²) in [5, 5.41) is 11.1. The molecule has 1 aromatic carbocycles. The van der Waals surface area contributed by atoms with E-state index in [2.05, 4.69) is 5.32 Å². The number of rotatable bonds is 4. The molecule has 0 atom stereocenters. The van der Waals surface area contributed by atoms with Crippen molar-refractivity contribution in [3.05, 3.63) is 29.8 Å². The standard InChI is InChI=1S/C12H17BNO4/c1-12(2,3)17-11(15)14-8-9-4-6-10(7-5-9)18-13-16/h4-7,16H,8H2,1-3H3,(H,14,15). The molecule has 6 heteroatoms. The van der Waals surface area contributed by atoms with Crippen LogP contribution in [0, 0.1) is 0 Å². The minimum atomic E-state index is -0.501. The number of carbonyl (C=O) groups is 1. The highest BCUT2D eigenvalue weighted by atomic mass is 16.6. The quantitative estimate of drug-likeness (QED) is 0.796. The Bertz CT molecular complexity index is 386. The largest absolute Gasteiger partial charge is 0.569 e. The normalized spacial score (nSPS) is 10.7. The molecule has 0 fully saturated rings. The Morgan fingerprint density at radius 3 is 2.44 bits per heavy atom. The summed E-state index contributed by atoms with van der Waals surface area (Å²) in [7, 11) is 0.619. The summed E-state index contributed by atoms with van der Waals surface area (Å²) in [4.78, 5) is 11.4. The van der Waals surface area contributed by atoms with E-state index in [1.54, 1.807) is 24.3 Å². The van der Waals surface area contributed by atoms with E-state index < -0.39 is 11.7 Å². The average molecular weight is 250 g/mol. The van der Waals surface area contributed by atoms with Crippen LogP contribution in [0.5, 0.6) is 5.75 Å². The fourth-order valence-corrected chi connectivity index (χ4v) is 1.24. The van der Waals surface area contributed by atoms with E-state index in [-0.39, 0.29) is 0 Å². The molecule has 97 valence electrons. The van der Waals surface area contributed by atoms with Gasteiger partial charge in [0.1, 0.15) is 5.60 Å². The molecule has 2 N–H and O–H groups in total. The van der Waals surface area contributed by atoms with Gasteiger partial charge in [0.15, 0.2) is 0 Å². The Balaban J connectivity index is 2.41. The summed E-state index contributed by atoms with van der Waals surface area (Å²) in [6.07, 6.45) is -0.452. The van der Waals surface area contributed by atoms with Crippen LogP contribution >= 0.6 is 0 Å². The summed E-state index contributed by atoms with van der Waals surface area (Å²) in [6.45, 7) is 5.80. The fourth-order valence-electron chi connectivity index (χ4n) is 1.24. The number of amides is 1. The van der Waals surface area contributed by atoms with Crippen LogP contribution in [0.3, 0.4) is 0 Å². The molecule has 0 heterocycles. The van der Waals surface area contributed by atoms with Gasteiger partial charge in [-0.05, 0) is 38.5 Å². The number of alkyl carbamates (subject to hydrolysis) is 1. The van der Waals surface area contributed by atoms with Crippen molar-refractivity contribution in [2.75, 3.05) is 0 Å². The van der Waals surface area contributed by atoms with Gasteiger partial charge in [0, 0.05) is 6.54 Å². The molecule has 0 spiro atoms. The molecule has 0 bridgehead atoms. The van der Waals surface area contributed by atoms with Crippen LogP contribution in [0.25, 0.3) is 0 Å². The molecule has 5 nitrogen and oxygen atoms in total. The Labute approximate surface area is 107 Å². The van der Waals surface area contributed by atoms with E-state index in [1.165, 1.54) is 0 Å². The fraction of sp³-hybridized carbons (Fsp3) is 0.417. The minimum Gasteiger partial charge on any atom is -0.537 e. The number of nitrogens with one attached hydrogen (secondary N) is 1. The van der Waals surface area contributed by atoms with Crippen molar-refractivity contribution < 1.29 is 19.2 Å². The zero-order valence-corrected chi connectivity index (χ0v) is 10.8. The highest BCUT2D eigenvalue weighted by Crippen LogP contribution is 2.12. The Morgan fingerprint density at radius 1 is 1.33 bits per heavy atom. The van der Waals surface area contributed by atoms with Gasteiger partial charge in [-0.25, -0.2) is 4.79 Å². The van der Waals surface area contributed by atoms with Gasteiger partial charge in [0.25, 0.3) is 0 Å². The predicted molar refractivity (Wildman–Crippen MR) is 68.1 cm³/mol. The van der Waals surface area contributed by atoms with Crippen molar-refractivity contribution in [1.29, 1.82) is 0 Å². The lowest BCUT2D eigenvalue weighted by molar-refractivity contribution is 0.0523. The molecule has 0 aliphatic rings. The van der Waals surface area contributed by atoms with E-state index in [0.717, 1.165) is 5.56 Å². The highest BCUT2D eigenvalue weighted by Gasteiger charge is 2.15. The maximum absolute atomic E-state index is 11.4. The molecule has 0 unspecified atom stereocenters. The molecule has 18 heavy (non-hydrogen) atoms. The lowest BCUT2D eigenvalue weighted by Gasteiger charge is -2.19. The van der Waals surface area contributed by atoms with Crippen molar-refractivity contribution in [2.24, 2.45) is 0 Å². The van der Waals surface area contributed by atoms with Gasteiger partial charge in [0.05, 0.1) is 5.75 Å². The smallest absolute Gasteiger partial charge is 0.537 e. The molecule has 0 saturated carbocycles. The molecular formula is C12H17BNO4. The first-order valence-corrected chi connectivity index (χ1v) is 5.59. The maximum Gasteiger partial charge on any atom is 0.569 e. The summed E-state index contributed by atoms with van der Waals surface area (Å²) >= 11 is 0. The van der Waals surface area contributed by atoms with Crippen molar-refractivity contribution in [2.45, 2.75) is 32.9 Å². The molecule has 0 saturated heterocycles. The lowest BCUT2D eigenvalue weighted by atomic mass is 10.2. The Hall–Kier alpha value is -1.69. The Morgan fingerprint density at radius 2 is 1.94 bits per heavy atom. The van der Waals surface area contributed by atoms with Crippen LogP contribution in [-0.4, -0.2) is 24.4 Å².